The SMILES string of the molecule is CC[C@H](C(=O)N1CCC(c2nc3c(nnn3Cc3cccc(Cl)c3)c(=O)[nH]2)CC1)c1ccccc1. The number of nitrogens with zero attached hydrogens (tertiary/aromatic N) is 5. The minimum absolute atomic E-state index is 0.0578. The van der Waals surface area contributed by atoms with E-state index >= 15 is 0 Å². The molecule has 8 nitrogen and oxygen atoms in total. The highest BCUT2D eigenvalue weighted by atomic mass is 35.5. The van der Waals surface area contributed by atoms with Crippen molar-refractivity contribution in [3.8, 4) is 0 Å². The van der Waals surface area contributed by atoms with Crippen LogP contribution in [0.25, 0.3) is 11.2 Å². The number of aromatic amines is 1. The molecule has 0 spiro atoms. The zero-order valence-corrected chi connectivity index (χ0v) is 20.3. The normalized spacial score (nSPS) is 15.4. The average Bonchev–Trinajstić information content (AvgIpc) is 3.28. The minimum atomic E-state index is -0.295. The average molecular weight is 491 g/mol. The second-order valence-electron chi connectivity index (χ2n) is 8.97. The van der Waals surface area contributed by atoms with E-state index in [9.17, 15) is 9.59 Å². The van der Waals surface area contributed by atoms with Gasteiger partial charge in [-0.1, -0.05) is 66.2 Å². The van der Waals surface area contributed by atoms with Gasteiger partial charge in [0.15, 0.2) is 11.2 Å². The summed E-state index contributed by atoms with van der Waals surface area (Å²) in [5.74, 6) is 0.716. The number of likely N-dealkylation sites (tertiary alicyclic amines) is 1. The fourth-order valence-corrected chi connectivity index (χ4v) is 5.04. The molecule has 2 aromatic heterocycles. The van der Waals surface area contributed by atoms with Gasteiger partial charge in [-0.3, -0.25) is 9.59 Å². The van der Waals surface area contributed by atoms with Crippen LogP contribution in [0, 0.1) is 0 Å². The Morgan fingerprint density at radius 2 is 1.91 bits per heavy atom. The topological polar surface area (TPSA) is 96.8 Å². The van der Waals surface area contributed by atoms with Crippen LogP contribution in [0.15, 0.2) is 59.4 Å². The maximum atomic E-state index is 13.2. The molecule has 35 heavy (non-hydrogen) atoms. The molecule has 1 aliphatic heterocycles. The molecule has 0 radical (unpaired) electrons. The summed E-state index contributed by atoms with van der Waals surface area (Å²) in [5.41, 5.74) is 2.38. The third kappa shape index (κ3) is 4.84. The number of fused-ring (bicyclic) bond motifs is 1. The molecule has 180 valence electrons. The maximum Gasteiger partial charge on any atom is 0.281 e. The Morgan fingerprint density at radius 3 is 2.63 bits per heavy atom. The van der Waals surface area contributed by atoms with E-state index in [0.717, 1.165) is 30.4 Å². The second-order valence-corrected chi connectivity index (χ2v) is 9.41. The molecule has 1 fully saturated rings. The summed E-state index contributed by atoms with van der Waals surface area (Å²) in [6, 6.07) is 17.4. The van der Waals surface area contributed by atoms with Crippen LogP contribution in [0.5, 0.6) is 0 Å². The van der Waals surface area contributed by atoms with Gasteiger partial charge in [-0.2, -0.15) is 0 Å². The highest BCUT2D eigenvalue weighted by Gasteiger charge is 2.30. The first kappa shape index (κ1) is 23.2. The number of rotatable bonds is 6. The van der Waals surface area contributed by atoms with E-state index in [-0.39, 0.29) is 28.8 Å². The van der Waals surface area contributed by atoms with Crippen LogP contribution < -0.4 is 5.56 Å². The van der Waals surface area contributed by atoms with E-state index < -0.39 is 0 Å². The number of hydrogen-bond donors (Lipinski definition) is 1. The van der Waals surface area contributed by atoms with Gasteiger partial charge in [0.05, 0.1) is 12.5 Å². The van der Waals surface area contributed by atoms with E-state index in [1.807, 2.05) is 66.4 Å². The molecule has 0 saturated carbocycles. The lowest BCUT2D eigenvalue weighted by atomic mass is 9.91. The number of aromatic nitrogens is 5. The first-order chi connectivity index (χ1) is 17.0. The molecule has 1 aliphatic rings. The molecule has 4 aromatic rings. The number of amides is 1. The standard InChI is InChI=1S/C26H27ClN6O2/c1-2-21(18-8-4-3-5-9-18)26(35)32-13-11-19(12-14-32)23-28-24-22(25(34)29-23)30-31-33(24)16-17-7-6-10-20(27)15-17/h3-10,15,19,21H,2,11-14,16H2,1H3,(H,28,29,34)/t21-/m0/s1. The molecule has 0 unspecified atom stereocenters. The fourth-order valence-electron chi connectivity index (χ4n) is 4.82. The van der Waals surface area contributed by atoms with Gasteiger partial charge in [-0.25, -0.2) is 9.67 Å². The van der Waals surface area contributed by atoms with E-state index in [2.05, 4.69) is 15.3 Å². The van der Waals surface area contributed by atoms with Crippen LogP contribution in [0.1, 0.15) is 55.0 Å². The lowest BCUT2D eigenvalue weighted by molar-refractivity contribution is -0.134. The minimum Gasteiger partial charge on any atom is -0.342 e. The van der Waals surface area contributed by atoms with Crippen molar-refractivity contribution < 1.29 is 4.79 Å². The van der Waals surface area contributed by atoms with Crippen molar-refractivity contribution in [1.29, 1.82) is 0 Å². The largest absolute Gasteiger partial charge is 0.342 e. The molecule has 1 saturated heterocycles. The monoisotopic (exact) mass is 490 g/mol. The second kappa shape index (κ2) is 10.00. The van der Waals surface area contributed by atoms with Gasteiger partial charge >= 0.3 is 0 Å². The van der Waals surface area contributed by atoms with Gasteiger partial charge in [0.1, 0.15) is 5.82 Å². The van der Waals surface area contributed by atoms with Crippen LogP contribution in [0.3, 0.4) is 0 Å². The molecule has 5 rings (SSSR count). The first-order valence-electron chi connectivity index (χ1n) is 11.9. The predicted octanol–water partition coefficient (Wildman–Crippen LogP) is 4.12. The lowest BCUT2D eigenvalue weighted by Gasteiger charge is -2.33. The molecular weight excluding hydrogens is 464 g/mol. The molecule has 2 aromatic carbocycles. The number of carbonyl (C=O) groups is 1. The predicted molar refractivity (Wildman–Crippen MR) is 135 cm³/mol. The van der Waals surface area contributed by atoms with E-state index in [1.165, 1.54) is 0 Å². The van der Waals surface area contributed by atoms with Gasteiger partial charge < -0.3 is 9.88 Å². The summed E-state index contributed by atoms with van der Waals surface area (Å²) in [6.45, 7) is 3.73. The summed E-state index contributed by atoms with van der Waals surface area (Å²) < 4.78 is 1.63. The van der Waals surface area contributed by atoms with Crippen molar-refractivity contribution in [2.24, 2.45) is 0 Å². The van der Waals surface area contributed by atoms with Crippen LogP contribution >= 0.6 is 11.6 Å². The Hall–Kier alpha value is -3.52. The third-order valence-electron chi connectivity index (χ3n) is 6.71. The zero-order valence-electron chi connectivity index (χ0n) is 19.5. The van der Waals surface area contributed by atoms with E-state index in [4.69, 9.17) is 16.6 Å². The number of nitrogens with one attached hydrogen (secondary N) is 1. The Morgan fingerprint density at radius 1 is 1.14 bits per heavy atom. The third-order valence-corrected chi connectivity index (χ3v) is 6.95. The summed E-state index contributed by atoms with van der Waals surface area (Å²) in [7, 11) is 0. The number of piperidine rings is 1. The van der Waals surface area contributed by atoms with Crippen LogP contribution in [-0.2, 0) is 11.3 Å². The summed E-state index contributed by atoms with van der Waals surface area (Å²) in [5, 5.41) is 8.82. The Kier molecular flexibility index (Phi) is 6.63. The zero-order chi connectivity index (χ0) is 24.4. The summed E-state index contributed by atoms with van der Waals surface area (Å²) in [4.78, 5) is 35.6. The van der Waals surface area contributed by atoms with Crippen LogP contribution in [-0.4, -0.2) is 48.9 Å². The number of hydrogen-bond acceptors (Lipinski definition) is 5. The Balaban J connectivity index is 1.32. The van der Waals surface area contributed by atoms with Gasteiger partial charge in [-0.15, -0.1) is 5.10 Å². The van der Waals surface area contributed by atoms with Gasteiger partial charge in [0.2, 0.25) is 5.91 Å². The number of benzene rings is 2. The Bertz CT molecular complexity index is 1390. The van der Waals surface area contributed by atoms with Crippen molar-refractivity contribution in [1.82, 2.24) is 29.9 Å². The van der Waals surface area contributed by atoms with Crippen molar-refractivity contribution in [3.63, 3.8) is 0 Å². The van der Waals surface area contributed by atoms with Crippen molar-refractivity contribution in [2.75, 3.05) is 13.1 Å². The van der Waals surface area contributed by atoms with Gasteiger partial charge in [0.25, 0.3) is 5.56 Å². The van der Waals surface area contributed by atoms with Crippen molar-refractivity contribution in [2.45, 2.75) is 44.6 Å². The number of halogens is 1. The van der Waals surface area contributed by atoms with E-state index in [0.29, 0.717) is 36.1 Å². The fraction of sp³-hybridized carbons (Fsp3) is 0.346. The highest BCUT2D eigenvalue weighted by Crippen LogP contribution is 2.29. The summed E-state index contributed by atoms with van der Waals surface area (Å²) in [6.07, 6.45) is 2.24. The Labute approximate surface area is 207 Å². The molecule has 1 atom stereocenters. The molecule has 0 bridgehead atoms. The molecular formula is C26H27ClN6O2. The smallest absolute Gasteiger partial charge is 0.281 e. The molecule has 0 aliphatic carbocycles. The lowest BCUT2D eigenvalue weighted by Crippen LogP contribution is -2.41. The maximum absolute atomic E-state index is 13.2. The quantitative estimate of drug-likeness (QED) is 0.438. The van der Waals surface area contributed by atoms with Gasteiger partial charge in [0, 0.05) is 24.0 Å². The molecule has 3 heterocycles. The highest BCUT2D eigenvalue weighted by molar-refractivity contribution is 6.30. The van der Waals surface area contributed by atoms with Gasteiger partial charge in [-0.05, 0) is 42.5 Å². The van der Waals surface area contributed by atoms with Crippen molar-refractivity contribution in [3.05, 3.63) is 86.9 Å². The molecule has 1 amide bonds. The van der Waals surface area contributed by atoms with Crippen LogP contribution in [0.4, 0.5) is 0 Å². The van der Waals surface area contributed by atoms with Crippen molar-refractivity contribution >= 4 is 28.7 Å². The number of carbonyl (C=O) groups excluding carboxylic acids is 1. The first-order valence-corrected chi connectivity index (χ1v) is 12.3. The number of H-pyrrole nitrogens is 1. The molecule has 9 heteroatoms. The summed E-state index contributed by atoms with van der Waals surface area (Å²) >= 11 is 6.11. The van der Waals surface area contributed by atoms with E-state index in [1.54, 1.807) is 4.68 Å². The van der Waals surface area contributed by atoms with Crippen LogP contribution in [0.2, 0.25) is 5.02 Å². The molecule has 1 N–H and O–H groups in total.